The lowest BCUT2D eigenvalue weighted by molar-refractivity contribution is -0.148. The van der Waals surface area contributed by atoms with Crippen molar-refractivity contribution >= 4 is 46.7 Å². The first kappa shape index (κ1) is 23.1. The summed E-state index contributed by atoms with van der Waals surface area (Å²) < 4.78 is 10.2. The predicted molar refractivity (Wildman–Crippen MR) is 117 cm³/mol. The highest BCUT2D eigenvalue weighted by Gasteiger charge is 2.15. The number of aryl methyl sites for hydroxylation is 1. The first-order valence-electron chi connectivity index (χ1n) is 9.30. The highest BCUT2D eigenvalue weighted by molar-refractivity contribution is 6.42. The van der Waals surface area contributed by atoms with Crippen molar-refractivity contribution in [3.63, 3.8) is 0 Å². The molecule has 162 valence electrons. The molecule has 1 aromatic heterocycles. The molecule has 0 saturated carbocycles. The van der Waals surface area contributed by atoms with Crippen LogP contribution in [0, 0.1) is 0 Å². The predicted octanol–water partition coefficient (Wildman–Crippen LogP) is 5.05. The van der Waals surface area contributed by atoms with Crippen LogP contribution < -0.4 is 5.32 Å². The van der Waals surface area contributed by atoms with Crippen molar-refractivity contribution in [2.24, 2.45) is 0 Å². The van der Waals surface area contributed by atoms with Crippen molar-refractivity contribution < 1.29 is 18.8 Å². The Labute approximate surface area is 193 Å². The number of carbonyl (C=O) groups excluding carboxylic acids is 2. The fraction of sp³-hybridized carbons (Fsp3) is 0.238. The zero-order valence-corrected chi connectivity index (χ0v) is 18.7. The summed E-state index contributed by atoms with van der Waals surface area (Å²) in [6.45, 7) is 1.39. The number of aromatic nitrogens is 2. The first-order valence-corrected chi connectivity index (χ1v) is 10.4. The maximum atomic E-state index is 12.0. The van der Waals surface area contributed by atoms with E-state index >= 15 is 0 Å². The summed E-state index contributed by atoms with van der Waals surface area (Å²) in [7, 11) is 0. The molecule has 1 heterocycles. The van der Waals surface area contributed by atoms with Crippen LogP contribution in [-0.2, 0) is 20.7 Å². The molecule has 3 rings (SSSR count). The Balaban J connectivity index is 1.42. The molecule has 0 aliphatic heterocycles. The van der Waals surface area contributed by atoms with Crippen LogP contribution >= 0.6 is 34.8 Å². The number of carbonyl (C=O) groups is 2. The Bertz CT molecular complexity index is 1070. The number of hydrogen-bond acceptors (Lipinski definition) is 6. The second-order valence-corrected chi connectivity index (χ2v) is 7.89. The largest absolute Gasteiger partial charge is 0.456 e. The Kier molecular flexibility index (Phi) is 7.90. The van der Waals surface area contributed by atoms with Crippen molar-refractivity contribution in [3.05, 3.63) is 69.0 Å². The van der Waals surface area contributed by atoms with Crippen molar-refractivity contribution in [3.8, 4) is 11.4 Å². The van der Waals surface area contributed by atoms with Gasteiger partial charge in [0.05, 0.1) is 22.5 Å². The minimum absolute atomic E-state index is 0.00211. The number of rotatable bonds is 8. The molecule has 1 unspecified atom stereocenters. The fourth-order valence-electron chi connectivity index (χ4n) is 2.65. The molecule has 10 heteroatoms. The molecular formula is C21H18Cl3N3O4. The highest BCUT2D eigenvalue weighted by atomic mass is 35.5. The molecule has 1 atom stereocenters. The molecule has 2 aromatic carbocycles. The van der Waals surface area contributed by atoms with Gasteiger partial charge in [0.25, 0.3) is 5.91 Å². The third-order valence-corrected chi connectivity index (χ3v) is 5.29. The number of benzene rings is 2. The van der Waals surface area contributed by atoms with E-state index in [0.29, 0.717) is 26.8 Å². The number of esters is 1. The zero-order chi connectivity index (χ0) is 22.4. The number of nitrogens with zero attached hydrogens (tertiary/aromatic N) is 2. The van der Waals surface area contributed by atoms with Crippen LogP contribution in [0.25, 0.3) is 11.4 Å². The third kappa shape index (κ3) is 6.69. The highest BCUT2D eigenvalue weighted by Crippen LogP contribution is 2.25. The Morgan fingerprint density at radius 2 is 1.84 bits per heavy atom. The molecule has 0 spiro atoms. The van der Waals surface area contributed by atoms with E-state index in [1.54, 1.807) is 49.4 Å². The molecule has 3 aromatic rings. The van der Waals surface area contributed by atoms with Gasteiger partial charge in [-0.3, -0.25) is 9.59 Å². The normalized spacial score (nSPS) is 11.7. The van der Waals surface area contributed by atoms with Crippen molar-refractivity contribution in [2.45, 2.75) is 25.8 Å². The Hall–Kier alpha value is -2.61. The van der Waals surface area contributed by atoms with Crippen molar-refractivity contribution in [1.82, 2.24) is 15.5 Å². The maximum absolute atomic E-state index is 12.0. The average Bonchev–Trinajstić information content (AvgIpc) is 3.22. The molecule has 31 heavy (non-hydrogen) atoms. The molecule has 1 N–H and O–H groups in total. The summed E-state index contributed by atoms with van der Waals surface area (Å²) in [6.07, 6.45) is 0.193. The lowest BCUT2D eigenvalue weighted by Crippen LogP contribution is -2.31. The third-order valence-electron chi connectivity index (χ3n) is 4.30. The number of hydrogen-bond donors (Lipinski definition) is 1. The molecule has 7 nitrogen and oxygen atoms in total. The van der Waals surface area contributed by atoms with Gasteiger partial charge in [0, 0.05) is 17.0 Å². The topological polar surface area (TPSA) is 94.3 Å². The van der Waals surface area contributed by atoms with Crippen LogP contribution in [0.2, 0.25) is 15.1 Å². The summed E-state index contributed by atoms with van der Waals surface area (Å²) in [5, 5.41) is 8.04. The fourth-order valence-corrected chi connectivity index (χ4v) is 3.08. The molecule has 0 saturated heterocycles. The van der Waals surface area contributed by atoms with Crippen LogP contribution in [0.15, 0.2) is 47.0 Å². The van der Waals surface area contributed by atoms with Gasteiger partial charge in [0.2, 0.25) is 11.7 Å². The van der Waals surface area contributed by atoms with Gasteiger partial charge in [-0.25, -0.2) is 0 Å². The van der Waals surface area contributed by atoms with Crippen LogP contribution in [0.4, 0.5) is 0 Å². The number of ether oxygens (including phenoxy) is 1. The van der Waals surface area contributed by atoms with E-state index in [2.05, 4.69) is 15.5 Å². The SMILES string of the molecule is CC(NC(=O)COC(=O)CCc1nc(-c2ccc(Cl)cc2)no1)c1ccc(Cl)c(Cl)c1. The minimum Gasteiger partial charge on any atom is -0.456 e. The second-order valence-electron chi connectivity index (χ2n) is 6.64. The van der Waals surface area contributed by atoms with Gasteiger partial charge in [-0.1, -0.05) is 46.0 Å². The van der Waals surface area contributed by atoms with Gasteiger partial charge >= 0.3 is 5.97 Å². The van der Waals surface area contributed by atoms with Gasteiger partial charge in [-0.2, -0.15) is 4.98 Å². The molecule has 1 amide bonds. The maximum Gasteiger partial charge on any atom is 0.306 e. The minimum atomic E-state index is -0.552. The van der Waals surface area contributed by atoms with Crippen LogP contribution in [0.1, 0.15) is 30.8 Å². The van der Waals surface area contributed by atoms with E-state index in [1.807, 2.05) is 0 Å². The molecule has 0 aliphatic rings. The van der Waals surface area contributed by atoms with E-state index in [1.165, 1.54) is 0 Å². The summed E-state index contributed by atoms with van der Waals surface area (Å²) in [6, 6.07) is 11.7. The van der Waals surface area contributed by atoms with E-state index in [9.17, 15) is 9.59 Å². The number of halogens is 3. The van der Waals surface area contributed by atoms with Gasteiger partial charge in [-0.15, -0.1) is 0 Å². The molecule has 0 fully saturated rings. The standard InChI is InChI=1S/C21H18Cl3N3O4/c1-12(14-4-7-16(23)17(24)10-14)25-18(28)11-30-20(29)9-8-19-26-21(27-31-19)13-2-5-15(22)6-3-13/h2-7,10,12H,8-9,11H2,1H3,(H,25,28). The van der Waals surface area contributed by atoms with Crippen molar-refractivity contribution in [2.75, 3.05) is 6.61 Å². The lowest BCUT2D eigenvalue weighted by Gasteiger charge is -2.15. The summed E-state index contributed by atoms with van der Waals surface area (Å²) in [4.78, 5) is 28.2. The molecule has 0 radical (unpaired) electrons. The second kappa shape index (κ2) is 10.6. The van der Waals surface area contributed by atoms with Crippen molar-refractivity contribution in [1.29, 1.82) is 0 Å². The van der Waals surface area contributed by atoms with Gasteiger partial charge in [0.1, 0.15) is 0 Å². The summed E-state index contributed by atoms with van der Waals surface area (Å²) in [5.74, 6) is -0.298. The average molecular weight is 483 g/mol. The number of amides is 1. The van der Waals surface area contributed by atoms with Gasteiger partial charge < -0.3 is 14.6 Å². The van der Waals surface area contributed by atoms with E-state index in [0.717, 1.165) is 11.1 Å². The molecule has 0 aliphatic carbocycles. The van der Waals surface area contributed by atoms with Crippen LogP contribution in [0.5, 0.6) is 0 Å². The summed E-state index contributed by atoms with van der Waals surface area (Å²) in [5.41, 5.74) is 1.52. The monoisotopic (exact) mass is 481 g/mol. The summed E-state index contributed by atoms with van der Waals surface area (Å²) >= 11 is 17.7. The Morgan fingerprint density at radius 1 is 1.10 bits per heavy atom. The zero-order valence-electron chi connectivity index (χ0n) is 16.4. The van der Waals surface area contributed by atoms with Crippen LogP contribution in [-0.4, -0.2) is 28.6 Å². The smallest absolute Gasteiger partial charge is 0.306 e. The molecular weight excluding hydrogens is 465 g/mol. The van der Waals surface area contributed by atoms with E-state index < -0.39 is 18.5 Å². The van der Waals surface area contributed by atoms with E-state index in [-0.39, 0.29) is 18.9 Å². The van der Waals surface area contributed by atoms with Gasteiger partial charge in [-0.05, 0) is 48.9 Å². The van der Waals surface area contributed by atoms with E-state index in [4.69, 9.17) is 44.1 Å². The lowest BCUT2D eigenvalue weighted by atomic mass is 10.1. The van der Waals surface area contributed by atoms with Crippen LogP contribution in [0.3, 0.4) is 0 Å². The molecule has 0 bridgehead atoms. The van der Waals surface area contributed by atoms with Gasteiger partial charge in [0.15, 0.2) is 6.61 Å². The first-order chi connectivity index (χ1) is 14.8. The Morgan fingerprint density at radius 3 is 2.55 bits per heavy atom. The quantitative estimate of drug-likeness (QED) is 0.452. The number of nitrogens with one attached hydrogen (secondary N) is 1.